The Labute approximate surface area is 148 Å². The highest BCUT2D eigenvalue weighted by atomic mass is 32.1. The number of amides is 1. The molecule has 3 aromatic rings. The lowest BCUT2D eigenvalue weighted by atomic mass is 10.1. The van der Waals surface area contributed by atoms with Gasteiger partial charge in [0.2, 0.25) is 0 Å². The van der Waals surface area contributed by atoms with E-state index in [4.69, 9.17) is 4.74 Å². The first kappa shape index (κ1) is 17.3. The summed E-state index contributed by atoms with van der Waals surface area (Å²) in [6.07, 6.45) is 3.13. The zero-order chi connectivity index (χ0) is 18.1. The van der Waals surface area contributed by atoms with Gasteiger partial charge in [0.15, 0.2) is 0 Å². The first-order valence-electron chi connectivity index (χ1n) is 7.66. The van der Waals surface area contributed by atoms with Gasteiger partial charge in [0.1, 0.15) is 4.83 Å². The summed E-state index contributed by atoms with van der Waals surface area (Å²) in [6, 6.07) is 1.49. The van der Waals surface area contributed by atoms with Crippen LogP contribution >= 0.6 is 11.3 Å². The van der Waals surface area contributed by atoms with E-state index in [0.29, 0.717) is 27.3 Å². The molecule has 8 nitrogen and oxygen atoms in total. The Morgan fingerprint density at radius 1 is 1.44 bits per heavy atom. The molecule has 132 valence electrons. The van der Waals surface area contributed by atoms with Gasteiger partial charge >= 0.3 is 0 Å². The first-order chi connectivity index (χ1) is 11.9. The van der Waals surface area contributed by atoms with Crippen molar-refractivity contribution in [1.82, 2.24) is 24.6 Å². The molecule has 3 aromatic heterocycles. The van der Waals surface area contributed by atoms with Crippen LogP contribution < -0.4 is 10.9 Å². The minimum atomic E-state index is -0.342. The summed E-state index contributed by atoms with van der Waals surface area (Å²) < 4.78 is 8.33. The molecule has 25 heavy (non-hydrogen) atoms. The maximum atomic E-state index is 12.8. The monoisotopic (exact) mass is 361 g/mol. The summed E-state index contributed by atoms with van der Waals surface area (Å²) in [4.78, 5) is 30.4. The van der Waals surface area contributed by atoms with Gasteiger partial charge in [0.05, 0.1) is 34.9 Å². The average Bonchev–Trinajstić information content (AvgIpc) is 3.14. The number of aromatic nitrogens is 4. The summed E-state index contributed by atoms with van der Waals surface area (Å²) in [7, 11) is 5.03. The average molecular weight is 361 g/mol. The molecular weight excluding hydrogens is 342 g/mol. The number of methoxy groups -OCH3 is 1. The molecule has 0 aromatic carbocycles. The lowest BCUT2D eigenvalue weighted by molar-refractivity contribution is 0.0896. The first-order valence-corrected chi connectivity index (χ1v) is 8.48. The second-order valence-corrected chi connectivity index (χ2v) is 6.76. The normalized spacial score (nSPS) is 12.5. The van der Waals surface area contributed by atoms with Crippen molar-refractivity contribution in [2.24, 2.45) is 14.1 Å². The van der Waals surface area contributed by atoms with Gasteiger partial charge in [-0.15, -0.1) is 11.3 Å². The van der Waals surface area contributed by atoms with Gasteiger partial charge in [0, 0.05) is 27.4 Å². The van der Waals surface area contributed by atoms with Gasteiger partial charge in [-0.05, 0) is 18.6 Å². The predicted molar refractivity (Wildman–Crippen MR) is 94.9 cm³/mol. The molecule has 0 aliphatic rings. The van der Waals surface area contributed by atoms with Crippen molar-refractivity contribution in [2.45, 2.75) is 13.0 Å². The number of ether oxygens (including phenoxy) is 1. The van der Waals surface area contributed by atoms with E-state index in [0.717, 1.165) is 5.69 Å². The van der Waals surface area contributed by atoms with Crippen molar-refractivity contribution in [3.8, 4) is 0 Å². The number of carbonyl (C=O) groups excluding carboxylic acids is 1. The largest absolute Gasteiger partial charge is 0.382 e. The van der Waals surface area contributed by atoms with Crippen molar-refractivity contribution >= 4 is 27.5 Å². The molecule has 9 heteroatoms. The van der Waals surface area contributed by atoms with Crippen LogP contribution in [-0.2, 0) is 18.8 Å². The second-order valence-electron chi connectivity index (χ2n) is 5.76. The number of hydrogen-bond acceptors (Lipinski definition) is 6. The Hall–Kier alpha value is -2.52. The second kappa shape index (κ2) is 6.77. The number of nitrogens with zero attached hydrogens (tertiary/aromatic N) is 4. The van der Waals surface area contributed by atoms with Crippen LogP contribution in [0, 0.1) is 6.92 Å². The van der Waals surface area contributed by atoms with Crippen LogP contribution in [0.3, 0.4) is 0 Å². The standard InChI is InChI=1S/C16H19N5O3S/c1-9-12-15(17-8-20(2)16(12)23)25-13(9)14(22)19-10(7-24-4)11-5-6-18-21(11)3/h5-6,8,10H,7H2,1-4H3,(H,19,22)/t10-/m0/s1. The Morgan fingerprint density at radius 3 is 2.84 bits per heavy atom. The third-order valence-electron chi connectivity index (χ3n) is 4.07. The van der Waals surface area contributed by atoms with Crippen LogP contribution in [0.1, 0.15) is 27.0 Å². The molecule has 1 amide bonds. The Bertz CT molecular complexity index is 987. The summed E-state index contributed by atoms with van der Waals surface area (Å²) in [5.74, 6) is -0.259. The SMILES string of the molecule is COC[C@H](NC(=O)c1sc2ncn(C)c(=O)c2c1C)c1ccnn1C. The molecule has 0 spiro atoms. The maximum Gasteiger partial charge on any atom is 0.262 e. The van der Waals surface area contributed by atoms with Crippen LogP contribution in [-0.4, -0.2) is 39.0 Å². The summed E-state index contributed by atoms with van der Waals surface area (Å²) in [5, 5.41) is 7.58. The van der Waals surface area contributed by atoms with E-state index < -0.39 is 0 Å². The van der Waals surface area contributed by atoms with E-state index in [1.807, 2.05) is 13.1 Å². The Kier molecular flexibility index (Phi) is 4.69. The molecule has 0 aliphatic carbocycles. The number of rotatable bonds is 5. The zero-order valence-electron chi connectivity index (χ0n) is 14.4. The number of aryl methyl sites for hydroxylation is 3. The van der Waals surface area contributed by atoms with Gasteiger partial charge in [-0.3, -0.25) is 14.3 Å². The summed E-state index contributed by atoms with van der Waals surface area (Å²) >= 11 is 1.22. The molecule has 1 atom stereocenters. The molecule has 0 fully saturated rings. The van der Waals surface area contributed by atoms with Crippen LogP contribution in [0.2, 0.25) is 0 Å². The molecule has 0 unspecified atom stereocenters. The third kappa shape index (κ3) is 3.08. The van der Waals surface area contributed by atoms with Gasteiger partial charge in [0.25, 0.3) is 11.5 Å². The number of fused-ring (bicyclic) bond motifs is 1. The highest BCUT2D eigenvalue weighted by molar-refractivity contribution is 7.20. The van der Waals surface area contributed by atoms with Gasteiger partial charge in [-0.2, -0.15) is 5.10 Å². The number of hydrogen-bond donors (Lipinski definition) is 1. The van der Waals surface area contributed by atoms with Crippen molar-refractivity contribution < 1.29 is 9.53 Å². The van der Waals surface area contributed by atoms with Crippen molar-refractivity contribution in [3.05, 3.63) is 45.1 Å². The Morgan fingerprint density at radius 2 is 2.20 bits per heavy atom. The number of carbonyl (C=O) groups is 1. The van der Waals surface area contributed by atoms with E-state index in [9.17, 15) is 9.59 Å². The van der Waals surface area contributed by atoms with Crippen LogP contribution in [0.25, 0.3) is 10.2 Å². The third-order valence-corrected chi connectivity index (χ3v) is 5.27. The van der Waals surface area contributed by atoms with Crippen molar-refractivity contribution in [2.75, 3.05) is 13.7 Å². The fraction of sp³-hybridized carbons (Fsp3) is 0.375. The molecule has 0 aliphatic heterocycles. The van der Waals surface area contributed by atoms with E-state index in [1.54, 1.807) is 32.0 Å². The molecular formula is C16H19N5O3S. The zero-order valence-corrected chi connectivity index (χ0v) is 15.3. The number of thiophene rings is 1. The summed E-state index contributed by atoms with van der Waals surface area (Å²) in [5.41, 5.74) is 1.33. The van der Waals surface area contributed by atoms with E-state index in [1.165, 1.54) is 22.2 Å². The lowest BCUT2D eigenvalue weighted by Gasteiger charge is -2.18. The molecule has 3 heterocycles. The van der Waals surface area contributed by atoms with E-state index in [2.05, 4.69) is 15.4 Å². The quantitative estimate of drug-likeness (QED) is 0.736. The fourth-order valence-corrected chi connectivity index (χ4v) is 3.79. The van der Waals surface area contributed by atoms with Crippen LogP contribution in [0.5, 0.6) is 0 Å². The van der Waals surface area contributed by atoms with Crippen LogP contribution in [0.15, 0.2) is 23.4 Å². The van der Waals surface area contributed by atoms with Gasteiger partial charge < -0.3 is 14.6 Å². The smallest absolute Gasteiger partial charge is 0.262 e. The fourth-order valence-electron chi connectivity index (χ4n) is 2.74. The van der Waals surface area contributed by atoms with Crippen molar-refractivity contribution in [1.29, 1.82) is 0 Å². The molecule has 0 bridgehead atoms. The highest BCUT2D eigenvalue weighted by Crippen LogP contribution is 2.27. The maximum absolute atomic E-state index is 12.8. The molecule has 0 saturated heterocycles. The minimum absolute atomic E-state index is 0.155. The Balaban J connectivity index is 1.96. The van der Waals surface area contributed by atoms with E-state index >= 15 is 0 Å². The molecule has 3 rings (SSSR count). The summed E-state index contributed by atoms with van der Waals surface area (Å²) in [6.45, 7) is 2.08. The molecule has 0 radical (unpaired) electrons. The van der Waals surface area contributed by atoms with Gasteiger partial charge in [-0.25, -0.2) is 4.98 Å². The topological polar surface area (TPSA) is 91.0 Å². The number of nitrogens with one attached hydrogen (secondary N) is 1. The lowest BCUT2D eigenvalue weighted by Crippen LogP contribution is -2.32. The predicted octanol–water partition coefficient (Wildman–Crippen LogP) is 1.15. The minimum Gasteiger partial charge on any atom is -0.382 e. The molecule has 0 saturated carbocycles. The van der Waals surface area contributed by atoms with Crippen LogP contribution in [0.4, 0.5) is 0 Å². The van der Waals surface area contributed by atoms with E-state index in [-0.39, 0.29) is 17.5 Å². The van der Waals surface area contributed by atoms with Crippen molar-refractivity contribution in [3.63, 3.8) is 0 Å². The van der Waals surface area contributed by atoms with Gasteiger partial charge in [-0.1, -0.05) is 0 Å². The highest BCUT2D eigenvalue weighted by Gasteiger charge is 2.23. The molecule has 1 N–H and O–H groups in total.